The van der Waals surface area contributed by atoms with Gasteiger partial charge in [-0.05, 0) is 49.2 Å². The van der Waals surface area contributed by atoms with E-state index in [-0.39, 0.29) is 11.4 Å². The fourth-order valence-electron chi connectivity index (χ4n) is 4.92. The molecule has 1 aromatic heterocycles. The first-order valence-corrected chi connectivity index (χ1v) is 10.8. The summed E-state index contributed by atoms with van der Waals surface area (Å²) in [6.07, 6.45) is 6.13. The van der Waals surface area contributed by atoms with Crippen LogP contribution in [0.5, 0.6) is 0 Å². The van der Waals surface area contributed by atoms with Crippen molar-refractivity contribution in [2.45, 2.75) is 31.3 Å². The highest BCUT2D eigenvalue weighted by atomic mass is 35.5. The minimum absolute atomic E-state index is 0.167. The van der Waals surface area contributed by atoms with Gasteiger partial charge in [0.2, 0.25) is 5.91 Å². The summed E-state index contributed by atoms with van der Waals surface area (Å²) in [7, 11) is 2.19. The van der Waals surface area contributed by atoms with Crippen molar-refractivity contribution in [3.63, 3.8) is 0 Å². The minimum Gasteiger partial charge on any atom is -0.342 e. The van der Waals surface area contributed by atoms with E-state index in [9.17, 15) is 4.79 Å². The van der Waals surface area contributed by atoms with Crippen LogP contribution in [0.3, 0.4) is 0 Å². The van der Waals surface area contributed by atoms with E-state index in [2.05, 4.69) is 47.0 Å². The fourth-order valence-corrected chi connectivity index (χ4v) is 5.05. The standard InChI is InChI=1S/C24H25ClN4O/c1-27-17-19-4-2-3-5-21(19)29-15-12-26-23(29)24(27)10-13-28(14-11-24)22(30)16-18-6-8-20(25)9-7-18/h2-9,12,15H,10-11,13-14,16-17H2,1H3. The van der Waals surface area contributed by atoms with Gasteiger partial charge >= 0.3 is 0 Å². The Bertz CT molecular complexity index is 1070. The molecular weight excluding hydrogens is 396 g/mol. The molecule has 1 fully saturated rings. The number of halogens is 1. The van der Waals surface area contributed by atoms with Crippen molar-refractivity contribution in [1.29, 1.82) is 0 Å². The molecule has 30 heavy (non-hydrogen) atoms. The maximum absolute atomic E-state index is 12.9. The molecule has 3 aromatic rings. The lowest BCUT2D eigenvalue weighted by Gasteiger charge is -2.46. The molecule has 0 unspecified atom stereocenters. The zero-order valence-corrected chi connectivity index (χ0v) is 17.8. The molecule has 0 atom stereocenters. The van der Waals surface area contributed by atoms with E-state index in [0.717, 1.165) is 43.9 Å². The molecule has 1 spiro atoms. The molecular formula is C24H25ClN4O. The highest BCUT2D eigenvalue weighted by molar-refractivity contribution is 6.30. The smallest absolute Gasteiger partial charge is 0.226 e. The van der Waals surface area contributed by atoms with E-state index in [0.29, 0.717) is 11.4 Å². The number of amides is 1. The van der Waals surface area contributed by atoms with E-state index >= 15 is 0 Å². The van der Waals surface area contributed by atoms with Gasteiger partial charge in [0.05, 0.1) is 17.6 Å². The maximum atomic E-state index is 12.9. The summed E-state index contributed by atoms with van der Waals surface area (Å²) in [5, 5.41) is 0.694. The van der Waals surface area contributed by atoms with Gasteiger partial charge in [-0.3, -0.25) is 9.69 Å². The molecule has 2 aliphatic heterocycles. The van der Waals surface area contributed by atoms with Crippen LogP contribution in [0.4, 0.5) is 0 Å². The summed E-state index contributed by atoms with van der Waals surface area (Å²) in [5.74, 6) is 1.26. The predicted molar refractivity (Wildman–Crippen MR) is 118 cm³/mol. The number of hydrogen-bond donors (Lipinski definition) is 0. The average molecular weight is 421 g/mol. The number of piperidine rings is 1. The van der Waals surface area contributed by atoms with Gasteiger partial charge in [0.15, 0.2) is 0 Å². The highest BCUT2D eigenvalue weighted by Gasteiger charge is 2.45. The second-order valence-electron chi connectivity index (χ2n) is 8.32. The molecule has 0 bridgehead atoms. The number of aromatic nitrogens is 2. The first-order chi connectivity index (χ1) is 14.6. The van der Waals surface area contributed by atoms with Crippen molar-refractivity contribution in [3.8, 4) is 5.69 Å². The Morgan fingerprint density at radius 1 is 1.10 bits per heavy atom. The number of carbonyl (C=O) groups is 1. The second-order valence-corrected chi connectivity index (χ2v) is 8.76. The zero-order chi connectivity index (χ0) is 20.7. The topological polar surface area (TPSA) is 41.4 Å². The van der Waals surface area contributed by atoms with Crippen LogP contribution in [0, 0.1) is 0 Å². The normalized spacial score (nSPS) is 18.0. The fraction of sp³-hybridized carbons (Fsp3) is 0.333. The van der Waals surface area contributed by atoms with Crippen molar-refractivity contribution in [1.82, 2.24) is 19.4 Å². The van der Waals surface area contributed by atoms with Crippen molar-refractivity contribution in [3.05, 3.63) is 82.9 Å². The largest absolute Gasteiger partial charge is 0.342 e. The quantitative estimate of drug-likeness (QED) is 0.628. The highest BCUT2D eigenvalue weighted by Crippen LogP contribution is 2.41. The van der Waals surface area contributed by atoms with Crippen LogP contribution in [0.2, 0.25) is 5.02 Å². The summed E-state index contributed by atoms with van der Waals surface area (Å²) < 4.78 is 2.24. The van der Waals surface area contributed by atoms with Crippen LogP contribution in [-0.2, 0) is 23.3 Å². The summed E-state index contributed by atoms with van der Waals surface area (Å²) in [4.78, 5) is 22.1. The number of imidazole rings is 1. The van der Waals surface area contributed by atoms with Crippen molar-refractivity contribution >= 4 is 17.5 Å². The van der Waals surface area contributed by atoms with E-state index in [1.165, 1.54) is 11.3 Å². The lowest BCUT2D eigenvalue weighted by atomic mass is 9.84. The number of fused-ring (bicyclic) bond motifs is 4. The average Bonchev–Trinajstić information content (AvgIpc) is 3.23. The Labute approximate surface area is 181 Å². The Balaban J connectivity index is 1.37. The Morgan fingerprint density at radius 2 is 1.83 bits per heavy atom. The second kappa shape index (κ2) is 7.56. The molecule has 2 aromatic carbocycles. The first kappa shape index (κ1) is 19.3. The molecule has 154 valence electrons. The number of carbonyl (C=O) groups excluding carboxylic acids is 1. The van der Waals surface area contributed by atoms with E-state index < -0.39 is 0 Å². The summed E-state index contributed by atoms with van der Waals surface area (Å²) in [6.45, 7) is 2.35. The van der Waals surface area contributed by atoms with Gasteiger partial charge < -0.3 is 9.47 Å². The molecule has 1 amide bonds. The molecule has 5 nitrogen and oxygen atoms in total. The minimum atomic E-state index is -0.167. The van der Waals surface area contributed by atoms with E-state index in [1.54, 1.807) is 0 Å². The van der Waals surface area contributed by atoms with Gasteiger partial charge in [0.25, 0.3) is 0 Å². The number of nitrogens with zero attached hydrogens (tertiary/aromatic N) is 4. The van der Waals surface area contributed by atoms with Gasteiger partial charge in [-0.25, -0.2) is 4.98 Å². The SMILES string of the molecule is CN1Cc2ccccc2-n2ccnc2C12CCN(C(=O)Cc1ccc(Cl)cc1)CC2. The van der Waals surface area contributed by atoms with Crippen LogP contribution in [-0.4, -0.2) is 45.4 Å². The number of hydrogen-bond acceptors (Lipinski definition) is 3. The molecule has 6 heteroatoms. The van der Waals surface area contributed by atoms with Crippen LogP contribution in [0.25, 0.3) is 5.69 Å². The number of benzene rings is 2. The molecule has 1 saturated heterocycles. The van der Waals surface area contributed by atoms with E-state index in [1.807, 2.05) is 35.4 Å². The third-order valence-electron chi connectivity index (χ3n) is 6.66. The molecule has 3 heterocycles. The third-order valence-corrected chi connectivity index (χ3v) is 6.91. The monoisotopic (exact) mass is 420 g/mol. The van der Waals surface area contributed by atoms with Gasteiger partial charge in [0, 0.05) is 37.1 Å². The van der Waals surface area contributed by atoms with Gasteiger partial charge in [0.1, 0.15) is 5.82 Å². The molecule has 2 aliphatic rings. The van der Waals surface area contributed by atoms with Crippen molar-refractivity contribution < 1.29 is 4.79 Å². The molecule has 5 rings (SSSR count). The number of para-hydroxylation sites is 1. The number of likely N-dealkylation sites (tertiary alicyclic amines) is 1. The Hall–Kier alpha value is -2.63. The van der Waals surface area contributed by atoms with E-state index in [4.69, 9.17) is 16.6 Å². The van der Waals surface area contributed by atoms with Crippen LogP contribution >= 0.6 is 11.6 Å². The zero-order valence-electron chi connectivity index (χ0n) is 17.1. The first-order valence-electron chi connectivity index (χ1n) is 10.4. The van der Waals surface area contributed by atoms with Crippen LogP contribution < -0.4 is 0 Å². The predicted octanol–water partition coefficient (Wildman–Crippen LogP) is 4.03. The van der Waals surface area contributed by atoms with Crippen LogP contribution in [0.1, 0.15) is 29.8 Å². The number of rotatable bonds is 2. The van der Waals surface area contributed by atoms with Crippen molar-refractivity contribution in [2.24, 2.45) is 0 Å². The summed E-state index contributed by atoms with van der Waals surface area (Å²) >= 11 is 5.96. The molecule has 0 saturated carbocycles. The summed E-state index contributed by atoms with van der Waals surface area (Å²) in [6, 6.07) is 16.1. The van der Waals surface area contributed by atoms with Gasteiger partial charge in [-0.1, -0.05) is 41.9 Å². The maximum Gasteiger partial charge on any atom is 0.226 e. The lowest BCUT2D eigenvalue weighted by Crippen LogP contribution is -2.53. The Kier molecular flexibility index (Phi) is 4.88. The third kappa shape index (κ3) is 3.22. The Morgan fingerprint density at radius 3 is 2.60 bits per heavy atom. The molecule has 0 N–H and O–H groups in total. The molecule has 0 radical (unpaired) electrons. The van der Waals surface area contributed by atoms with Gasteiger partial charge in [-0.15, -0.1) is 0 Å². The van der Waals surface area contributed by atoms with Gasteiger partial charge in [-0.2, -0.15) is 0 Å². The van der Waals surface area contributed by atoms with Crippen LogP contribution in [0.15, 0.2) is 60.9 Å². The lowest BCUT2D eigenvalue weighted by molar-refractivity contribution is -0.133. The molecule has 0 aliphatic carbocycles. The van der Waals surface area contributed by atoms with Crippen molar-refractivity contribution in [2.75, 3.05) is 20.1 Å². The summed E-state index contributed by atoms with van der Waals surface area (Å²) in [5.41, 5.74) is 3.34.